The molecule has 3 rings (SSSR count). The first-order valence-electron chi connectivity index (χ1n) is 8.47. The van der Waals surface area contributed by atoms with Crippen molar-refractivity contribution in [1.82, 2.24) is 0 Å². The zero-order valence-corrected chi connectivity index (χ0v) is 18.9. The second-order valence-corrected chi connectivity index (χ2v) is 14.2. The van der Waals surface area contributed by atoms with Crippen molar-refractivity contribution in [3.8, 4) is 0 Å². The molecule has 0 aromatic heterocycles. The molecule has 0 saturated carbocycles. The average Bonchev–Trinajstić information content (AvgIpc) is 2.75. The molecule has 142 valence electrons. The van der Waals surface area contributed by atoms with Crippen molar-refractivity contribution in [3.05, 3.63) is 89.7 Å². The fourth-order valence-electron chi connectivity index (χ4n) is 2.90. The topological polar surface area (TPSA) is 52.6 Å². The fourth-order valence-corrected chi connectivity index (χ4v) is 12.8. The zero-order valence-electron chi connectivity index (χ0n) is 15.4. The van der Waals surface area contributed by atoms with Gasteiger partial charge < -0.3 is 0 Å². The van der Waals surface area contributed by atoms with Crippen LogP contribution >= 0.6 is 0 Å². The van der Waals surface area contributed by atoms with E-state index in [1.54, 1.807) is 36.4 Å². The number of rotatable bonds is 5. The Kier molecular flexibility index (Phi) is 6.53. The molecule has 0 unspecified atom stereocenters. The number of carbonyl (C=O) groups is 2. The van der Waals surface area contributed by atoms with E-state index in [1.165, 1.54) is 26.4 Å². The Bertz CT molecular complexity index is 942. The van der Waals surface area contributed by atoms with Crippen LogP contribution < -0.4 is 9.81 Å². The van der Waals surface area contributed by atoms with Crippen LogP contribution in [0.25, 0.3) is 0 Å². The van der Waals surface area contributed by atoms with Gasteiger partial charge >= 0.3 is 171 Å². The fraction of sp³-hybridized carbons (Fsp3) is 0.0909. The van der Waals surface area contributed by atoms with Crippen molar-refractivity contribution >= 4 is 43.5 Å². The standard InChI is InChI=1S/2C8H7O2.C6H4F.Bi/c2*1-10-8(9)7-5-3-2-4-6-7;7-6-4-2-1-3-5-6;/h2*2-5H,1H3;2-5H;. The summed E-state index contributed by atoms with van der Waals surface area (Å²) in [5.74, 6) is -1.21. The van der Waals surface area contributed by atoms with Crippen molar-refractivity contribution in [2.45, 2.75) is 0 Å². The van der Waals surface area contributed by atoms with Gasteiger partial charge in [-0.3, -0.25) is 0 Å². The third kappa shape index (κ3) is 4.12. The Hall–Kier alpha value is -2.59. The molecule has 0 heterocycles. The number of carbonyl (C=O) groups excluding carboxylic acids is 2. The first-order chi connectivity index (χ1) is 13.6. The summed E-state index contributed by atoms with van der Waals surface area (Å²) in [7, 11) is 2.67. The van der Waals surface area contributed by atoms with E-state index in [1.807, 2.05) is 24.3 Å². The van der Waals surface area contributed by atoms with E-state index < -0.39 is 33.7 Å². The molecule has 0 spiro atoms. The predicted octanol–water partition coefficient (Wildman–Crippen LogP) is 1.92. The number of methoxy groups -OCH3 is 2. The van der Waals surface area contributed by atoms with Crippen molar-refractivity contribution in [1.29, 1.82) is 0 Å². The van der Waals surface area contributed by atoms with Gasteiger partial charge in [0, 0.05) is 0 Å². The van der Waals surface area contributed by atoms with E-state index in [2.05, 4.69) is 0 Å². The Balaban J connectivity index is 2.29. The summed E-state index contributed by atoms with van der Waals surface area (Å²) >= 11 is -3.17. The summed E-state index contributed by atoms with van der Waals surface area (Å²) in [6.07, 6.45) is 0. The van der Waals surface area contributed by atoms with Gasteiger partial charge in [0.1, 0.15) is 0 Å². The molecule has 3 aromatic rings. The van der Waals surface area contributed by atoms with Gasteiger partial charge in [0.15, 0.2) is 0 Å². The van der Waals surface area contributed by atoms with Crippen LogP contribution in [0.5, 0.6) is 0 Å². The first-order valence-corrected chi connectivity index (χ1v) is 13.7. The molecule has 0 atom stereocenters. The summed E-state index contributed by atoms with van der Waals surface area (Å²) in [6, 6.07) is 20.7. The molecule has 0 saturated heterocycles. The second-order valence-electron chi connectivity index (χ2n) is 5.83. The maximum atomic E-state index is 13.6. The molecule has 4 nitrogen and oxygen atoms in total. The van der Waals surface area contributed by atoms with E-state index in [9.17, 15) is 14.0 Å². The number of esters is 2. The van der Waals surface area contributed by atoms with E-state index >= 15 is 0 Å². The van der Waals surface area contributed by atoms with Crippen LogP contribution in [0.3, 0.4) is 0 Å². The van der Waals surface area contributed by atoms with E-state index in [0.717, 1.165) is 9.81 Å². The quantitative estimate of drug-likeness (QED) is 0.346. The van der Waals surface area contributed by atoms with Gasteiger partial charge in [-0.2, -0.15) is 0 Å². The summed E-state index contributed by atoms with van der Waals surface area (Å²) in [6.45, 7) is 0. The molecule has 3 aromatic carbocycles. The molecule has 0 aliphatic carbocycles. The summed E-state index contributed by atoms with van der Waals surface area (Å²) < 4.78 is 26.1. The zero-order chi connectivity index (χ0) is 20.1. The minimum absolute atomic E-state index is 0.338. The number of benzene rings is 3. The Labute approximate surface area is 170 Å². The Morgan fingerprint density at radius 3 is 1.57 bits per heavy atom. The molecule has 6 heteroatoms. The maximum absolute atomic E-state index is 13.6. The molecule has 28 heavy (non-hydrogen) atoms. The third-order valence-electron chi connectivity index (χ3n) is 4.19. The summed E-state index contributed by atoms with van der Waals surface area (Å²) in [4.78, 5) is 24.8. The Morgan fingerprint density at radius 2 is 1.14 bits per heavy atom. The molecule has 0 N–H and O–H groups in total. The molecule has 0 radical (unpaired) electrons. The Morgan fingerprint density at radius 1 is 0.714 bits per heavy atom. The van der Waals surface area contributed by atoms with Crippen molar-refractivity contribution in [2.24, 2.45) is 0 Å². The van der Waals surface area contributed by atoms with Gasteiger partial charge in [-0.05, 0) is 0 Å². The van der Waals surface area contributed by atoms with Crippen molar-refractivity contribution in [2.75, 3.05) is 14.2 Å². The first kappa shape index (κ1) is 20.2. The molecule has 0 bridgehead atoms. The second kappa shape index (κ2) is 9.07. The SMILES string of the molecule is COC(=O)c1cccc[c]1[Bi]([c]1ccc(F)cc1)[c]1ccccc1C(=O)OC. The molecule has 0 fully saturated rings. The van der Waals surface area contributed by atoms with Crippen LogP contribution in [0.2, 0.25) is 0 Å². The normalized spacial score (nSPS) is 10.6. The van der Waals surface area contributed by atoms with Gasteiger partial charge in [0.2, 0.25) is 0 Å². The number of ether oxygens (including phenoxy) is 2. The van der Waals surface area contributed by atoms with Gasteiger partial charge in [0.25, 0.3) is 0 Å². The van der Waals surface area contributed by atoms with Gasteiger partial charge in [-0.15, -0.1) is 0 Å². The van der Waals surface area contributed by atoms with E-state index in [0.29, 0.717) is 11.1 Å². The van der Waals surface area contributed by atoms with Gasteiger partial charge in [-0.1, -0.05) is 0 Å². The third-order valence-corrected chi connectivity index (χ3v) is 14.1. The van der Waals surface area contributed by atoms with Gasteiger partial charge in [-0.25, -0.2) is 0 Å². The van der Waals surface area contributed by atoms with Crippen LogP contribution in [0.1, 0.15) is 20.7 Å². The van der Waals surface area contributed by atoms with Gasteiger partial charge in [0.05, 0.1) is 0 Å². The number of hydrogen-bond acceptors (Lipinski definition) is 4. The van der Waals surface area contributed by atoms with Crippen molar-refractivity contribution in [3.63, 3.8) is 0 Å². The van der Waals surface area contributed by atoms with Crippen LogP contribution in [0, 0.1) is 5.82 Å². The van der Waals surface area contributed by atoms with Crippen molar-refractivity contribution < 1.29 is 23.5 Å². The molecule has 0 amide bonds. The van der Waals surface area contributed by atoms with E-state index in [-0.39, 0.29) is 5.82 Å². The molecular formula is C22H18BiFO4. The summed E-state index contributed by atoms with van der Waals surface area (Å²) in [5.41, 5.74) is 0.929. The number of hydrogen-bond donors (Lipinski definition) is 0. The minimum atomic E-state index is -3.17. The van der Waals surface area contributed by atoms with E-state index in [4.69, 9.17) is 9.47 Å². The summed E-state index contributed by atoms with van der Waals surface area (Å²) in [5, 5.41) is 0. The van der Waals surface area contributed by atoms with Crippen LogP contribution in [0.15, 0.2) is 72.8 Å². The monoisotopic (exact) mass is 574 g/mol. The number of halogens is 1. The van der Waals surface area contributed by atoms with Crippen LogP contribution in [-0.4, -0.2) is 47.9 Å². The van der Waals surface area contributed by atoms with Crippen LogP contribution in [-0.2, 0) is 9.47 Å². The molecule has 0 aliphatic rings. The average molecular weight is 574 g/mol. The molecular weight excluding hydrogens is 556 g/mol. The predicted molar refractivity (Wildman–Crippen MR) is 107 cm³/mol. The molecule has 0 aliphatic heterocycles. The van der Waals surface area contributed by atoms with Crippen LogP contribution in [0.4, 0.5) is 4.39 Å².